The average molecular weight is 406 g/mol. The van der Waals surface area contributed by atoms with Crippen LogP contribution in [0.25, 0.3) is 10.2 Å². The van der Waals surface area contributed by atoms with Crippen LogP contribution in [0.15, 0.2) is 58.4 Å². The van der Waals surface area contributed by atoms with Gasteiger partial charge in [0.2, 0.25) is 10.0 Å². The molecule has 3 rings (SSSR count). The maximum absolute atomic E-state index is 12.5. The zero-order valence-corrected chi connectivity index (χ0v) is 16.3. The van der Waals surface area contributed by atoms with Crippen LogP contribution in [0.1, 0.15) is 17.3 Å². The number of benzene rings is 2. The Kier molecular flexibility index (Phi) is 5.85. The number of rotatable bonds is 6. The lowest BCUT2D eigenvalue weighted by Gasteiger charge is -2.06. The van der Waals surface area contributed by atoms with E-state index in [0.717, 1.165) is 5.52 Å². The third-order valence-electron chi connectivity index (χ3n) is 3.86. The minimum atomic E-state index is -3.81. The predicted molar refractivity (Wildman–Crippen MR) is 104 cm³/mol. The molecule has 2 N–H and O–H groups in total. The molecule has 0 bridgehead atoms. The van der Waals surface area contributed by atoms with Crippen molar-refractivity contribution in [2.24, 2.45) is 10.1 Å². The molecule has 0 aliphatic rings. The molecule has 0 radical (unpaired) electrons. The molecule has 0 atom stereocenters. The number of aromatic nitrogens is 1. The average Bonchev–Trinajstić information content (AvgIpc) is 2.98. The second kappa shape index (κ2) is 8.13. The number of ether oxygens (including phenoxy) is 1. The molecule has 0 unspecified atom stereocenters. The topological polar surface area (TPSA) is 104 Å². The Balaban J connectivity index is 2.12. The van der Waals surface area contributed by atoms with E-state index in [0.29, 0.717) is 34.8 Å². The predicted octanol–water partition coefficient (Wildman–Crippen LogP) is 2.13. The van der Waals surface area contributed by atoms with Crippen molar-refractivity contribution in [2.45, 2.75) is 18.4 Å². The zero-order chi connectivity index (χ0) is 19.4. The highest BCUT2D eigenvalue weighted by Crippen LogP contribution is 2.21. The lowest BCUT2D eigenvalue weighted by atomic mass is 10.2. The monoisotopic (exact) mass is 405 g/mol. The normalized spacial score (nSPS) is 12.6. The van der Waals surface area contributed by atoms with Crippen molar-refractivity contribution < 1.29 is 17.9 Å². The van der Waals surface area contributed by atoms with E-state index in [4.69, 9.17) is 9.88 Å². The van der Waals surface area contributed by atoms with Crippen molar-refractivity contribution in [3.63, 3.8) is 0 Å². The molecule has 0 spiro atoms. The van der Waals surface area contributed by atoms with E-state index in [9.17, 15) is 13.2 Å². The second-order valence-electron chi connectivity index (χ2n) is 5.69. The van der Waals surface area contributed by atoms with E-state index in [-0.39, 0.29) is 10.8 Å². The highest BCUT2D eigenvalue weighted by atomic mass is 32.2. The van der Waals surface area contributed by atoms with Crippen molar-refractivity contribution in [3.8, 4) is 0 Å². The minimum Gasteiger partial charge on any atom is -0.380 e. The molecule has 27 heavy (non-hydrogen) atoms. The summed E-state index contributed by atoms with van der Waals surface area (Å²) < 4.78 is 31.2. The van der Waals surface area contributed by atoms with Crippen molar-refractivity contribution in [1.82, 2.24) is 4.57 Å². The number of hydrogen-bond donors (Lipinski definition) is 1. The Morgan fingerprint density at radius 2 is 1.96 bits per heavy atom. The first-order valence-corrected chi connectivity index (χ1v) is 10.6. The van der Waals surface area contributed by atoms with Gasteiger partial charge >= 0.3 is 0 Å². The summed E-state index contributed by atoms with van der Waals surface area (Å²) in [7, 11) is -3.81. The number of amides is 1. The van der Waals surface area contributed by atoms with E-state index in [1.807, 2.05) is 17.6 Å². The molecule has 9 heteroatoms. The number of carbonyl (C=O) groups excluding carboxylic acids is 1. The van der Waals surface area contributed by atoms with Gasteiger partial charge in [-0.2, -0.15) is 4.99 Å². The Labute approximate surface area is 160 Å². The van der Waals surface area contributed by atoms with Gasteiger partial charge < -0.3 is 9.30 Å². The van der Waals surface area contributed by atoms with E-state index < -0.39 is 10.0 Å². The molecule has 0 saturated heterocycles. The zero-order valence-electron chi connectivity index (χ0n) is 14.7. The third-order valence-corrected chi connectivity index (χ3v) is 5.82. The van der Waals surface area contributed by atoms with Gasteiger partial charge in [0.05, 0.1) is 21.7 Å². The molecule has 0 saturated carbocycles. The third kappa shape index (κ3) is 4.51. The molecule has 7 nitrogen and oxygen atoms in total. The summed E-state index contributed by atoms with van der Waals surface area (Å²) in [6, 6.07) is 13.4. The van der Waals surface area contributed by atoms with E-state index >= 15 is 0 Å². The van der Waals surface area contributed by atoms with Gasteiger partial charge in [-0.05, 0) is 37.3 Å². The number of nitrogens with two attached hydrogens (primary N) is 1. The van der Waals surface area contributed by atoms with Gasteiger partial charge in [-0.1, -0.05) is 29.5 Å². The highest BCUT2D eigenvalue weighted by Gasteiger charge is 2.13. The van der Waals surface area contributed by atoms with Crippen LogP contribution in [-0.2, 0) is 21.3 Å². The quantitative estimate of drug-likeness (QED) is 0.634. The molecule has 3 aromatic rings. The van der Waals surface area contributed by atoms with Crippen LogP contribution < -0.4 is 9.94 Å². The molecule has 0 aliphatic heterocycles. The van der Waals surface area contributed by atoms with Gasteiger partial charge in [0, 0.05) is 18.7 Å². The minimum absolute atomic E-state index is 0.0224. The van der Waals surface area contributed by atoms with Crippen LogP contribution >= 0.6 is 11.3 Å². The summed E-state index contributed by atoms with van der Waals surface area (Å²) in [6.45, 7) is 3.42. The summed E-state index contributed by atoms with van der Waals surface area (Å²) in [5, 5.41) is 5.22. The first kappa shape index (κ1) is 19.4. The van der Waals surface area contributed by atoms with Crippen molar-refractivity contribution >= 4 is 37.5 Å². The van der Waals surface area contributed by atoms with Gasteiger partial charge in [0.15, 0.2) is 4.80 Å². The Hall–Kier alpha value is -2.33. The fourth-order valence-electron chi connectivity index (χ4n) is 2.56. The van der Waals surface area contributed by atoms with Crippen molar-refractivity contribution in [3.05, 3.63) is 58.9 Å². The summed E-state index contributed by atoms with van der Waals surface area (Å²) in [5.41, 5.74) is 1.25. The summed E-state index contributed by atoms with van der Waals surface area (Å²) in [6.07, 6.45) is 0. The first-order chi connectivity index (χ1) is 12.9. The van der Waals surface area contributed by atoms with Crippen LogP contribution in [0.5, 0.6) is 0 Å². The summed E-state index contributed by atoms with van der Waals surface area (Å²) in [5.74, 6) is -0.362. The number of carbonyl (C=O) groups is 1. The fourth-order valence-corrected chi connectivity index (χ4v) is 4.27. The number of sulfonamides is 1. The highest BCUT2D eigenvalue weighted by molar-refractivity contribution is 7.89. The summed E-state index contributed by atoms with van der Waals surface area (Å²) in [4.78, 5) is 17.2. The van der Waals surface area contributed by atoms with Crippen LogP contribution in [0, 0.1) is 0 Å². The maximum atomic E-state index is 12.5. The lowest BCUT2D eigenvalue weighted by Crippen LogP contribution is -2.19. The maximum Gasteiger partial charge on any atom is 0.279 e. The van der Waals surface area contributed by atoms with Crippen LogP contribution in [0.2, 0.25) is 0 Å². The Bertz CT molecular complexity index is 1130. The van der Waals surface area contributed by atoms with Crippen LogP contribution in [-0.4, -0.2) is 32.1 Å². The van der Waals surface area contributed by atoms with Gasteiger partial charge in [-0.15, -0.1) is 0 Å². The van der Waals surface area contributed by atoms with Gasteiger partial charge in [-0.25, -0.2) is 13.6 Å². The molecule has 1 amide bonds. The standard InChI is InChI=1S/C18H19N3O4S2/c1-2-25-11-10-21-15-9-8-14(27(19,23)24)12-16(15)26-18(21)20-17(22)13-6-4-3-5-7-13/h3-9,12H,2,10-11H2,1H3,(H2,19,23,24). The molecule has 1 aromatic heterocycles. The molecule has 2 aromatic carbocycles. The van der Waals surface area contributed by atoms with E-state index in [1.165, 1.54) is 23.5 Å². The molecule has 1 heterocycles. The van der Waals surface area contributed by atoms with Crippen LogP contribution in [0.3, 0.4) is 0 Å². The van der Waals surface area contributed by atoms with Gasteiger partial charge in [0.25, 0.3) is 5.91 Å². The first-order valence-electron chi connectivity index (χ1n) is 8.28. The molecule has 0 fully saturated rings. The summed E-state index contributed by atoms with van der Waals surface area (Å²) >= 11 is 1.24. The van der Waals surface area contributed by atoms with Gasteiger partial charge in [-0.3, -0.25) is 4.79 Å². The smallest absolute Gasteiger partial charge is 0.279 e. The number of nitrogens with zero attached hydrogens (tertiary/aromatic N) is 2. The van der Waals surface area contributed by atoms with Crippen LogP contribution in [0.4, 0.5) is 0 Å². The van der Waals surface area contributed by atoms with E-state index in [2.05, 4.69) is 4.99 Å². The Morgan fingerprint density at radius 3 is 2.63 bits per heavy atom. The lowest BCUT2D eigenvalue weighted by molar-refractivity contribution is 0.0996. The number of fused-ring (bicyclic) bond motifs is 1. The van der Waals surface area contributed by atoms with Crippen molar-refractivity contribution in [1.29, 1.82) is 0 Å². The molecular formula is C18H19N3O4S2. The largest absolute Gasteiger partial charge is 0.380 e. The Morgan fingerprint density at radius 1 is 1.22 bits per heavy atom. The molecular weight excluding hydrogens is 386 g/mol. The molecule has 142 valence electrons. The number of primary sulfonamides is 1. The fraction of sp³-hybridized carbons (Fsp3) is 0.222. The van der Waals surface area contributed by atoms with E-state index in [1.54, 1.807) is 30.3 Å². The molecule has 0 aliphatic carbocycles. The van der Waals surface area contributed by atoms with Gasteiger partial charge in [0.1, 0.15) is 0 Å². The van der Waals surface area contributed by atoms with Crippen molar-refractivity contribution in [2.75, 3.05) is 13.2 Å². The SMILES string of the molecule is CCOCCn1c(=NC(=O)c2ccccc2)sc2cc(S(N)(=O)=O)ccc21. The number of thiazole rings is 1. The second-order valence-corrected chi connectivity index (χ2v) is 8.26. The number of hydrogen-bond acceptors (Lipinski definition) is 5.